The molecule has 1 spiro atoms. The molecule has 0 saturated heterocycles. The maximum absolute atomic E-state index is 2.49. The zero-order valence-electron chi connectivity index (χ0n) is 29.0. The second-order valence-electron chi connectivity index (χ2n) is 14.7. The van der Waals surface area contributed by atoms with E-state index in [4.69, 9.17) is 0 Å². The Morgan fingerprint density at radius 2 is 0.717 bits per heavy atom. The lowest BCUT2D eigenvalue weighted by atomic mass is 9.69. The van der Waals surface area contributed by atoms with E-state index in [1.165, 1.54) is 110 Å². The first-order chi connectivity index (χ1) is 26.3. The van der Waals surface area contributed by atoms with Crippen LogP contribution in [0.15, 0.2) is 194 Å². The van der Waals surface area contributed by atoms with Gasteiger partial charge in [0, 0.05) is 0 Å². The van der Waals surface area contributed by atoms with E-state index < -0.39 is 5.41 Å². The molecule has 53 heavy (non-hydrogen) atoms. The standard InChI is InChI=1S/C53H32/c1-2-16-34-31-36(30-29-33(34)15-1)49-40-21-5-7-23-42(40)50(43-24-8-6-22-41(43)49)45-32-35-17-3-4-18-37(35)52-51(45)44-25-11-14-28-48(44)53(52)46-26-12-9-19-38(46)39-20-10-13-27-47(39)53/h1-32H. The predicted octanol–water partition coefficient (Wildman–Crippen LogP) is 14.0. The van der Waals surface area contributed by atoms with Gasteiger partial charge in [-0.05, 0) is 122 Å². The molecular formula is C53H32. The molecule has 244 valence electrons. The van der Waals surface area contributed by atoms with Gasteiger partial charge in [-0.1, -0.05) is 182 Å². The minimum Gasteiger partial charge on any atom is -0.0619 e. The van der Waals surface area contributed by atoms with E-state index in [1.807, 2.05) is 0 Å². The third-order valence-corrected chi connectivity index (χ3v) is 12.2. The van der Waals surface area contributed by atoms with Crippen LogP contribution in [0.4, 0.5) is 0 Å². The van der Waals surface area contributed by atoms with Gasteiger partial charge >= 0.3 is 0 Å². The van der Waals surface area contributed by atoms with E-state index in [2.05, 4.69) is 194 Å². The highest BCUT2D eigenvalue weighted by atomic mass is 14.5. The van der Waals surface area contributed by atoms with Crippen LogP contribution in [0.1, 0.15) is 22.3 Å². The minimum absolute atomic E-state index is 0.439. The van der Waals surface area contributed by atoms with Crippen molar-refractivity contribution in [3.8, 4) is 44.5 Å². The molecule has 0 atom stereocenters. The van der Waals surface area contributed by atoms with Gasteiger partial charge in [0.1, 0.15) is 0 Å². The molecule has 2 aliphatic carbocycles. The van der Waals surface area contributed by atoms with E-state index in [9.17, 15) is 0 Å². The fourth-order valence-corrected chi connectivity index (χ4v) is 10.2. The maximum atomic E-state index is 2.49. The van der Waals surface area contributed by atoms with Gasteiger partial charge in [0.15, 0.2) is 0 Å². The number of hydrogen-bond acceptors (Lipinski definition) is 0. The van der Waals surface area contributed by atoms with Crippen molar-refractivity contribution in [1.82, 2.24) is 0 Å². The third kappa shape index (κ3) is 3.70. The molecular weight excluding hydrogens is 637 g/mol. The van der Waals surface area contributed by atoms with Crippen LogP contribution in [0.25, 0.3) is 87.6 Å². The van der Waals surface area contributed by atoms with E-state index in [-0.39, 0.29) is 0 Å². The molecule has 0 nitrogen and oxygen atoms in total. The minimum atomic E-state index is -0.439. The number of rotatable bonds is 2. The topological polar surface area (TPSA) is 0 Å². The lowest BCUT2D eigenvalue weighted by Gasteiger charge is -2.32. The molecule has 0 N–H and O–H groups in total. The van der Waals surface area contributed by atoms with Crippen LogP contribution in [0.5, 0.6) is 0 Å². The van der Waals surface area contributed by atoms with Crippen molar-refractivity contribution in [2.45, 2.75) is 5.41 Å². The van der Waals surface area contributed by atoms with Crippen molar-refractivity contribution in [2.24, 2.45) is 0 Å². The molecule has 12 rings (SSSR count). The van der Waals surface area contributed by atoms with E-state index in [0.29, 0.717) is 0 Å². The molecule has 0 bridgehead atoms. The summed E-state index contributed by atoms with van der Waals surface area (Å²) in [5, 5.41) is 10.2. The largest absolute Gasteiger partial charge is 0.0731 e. The first kappa shape index (κ1) is 28.9. The summed E-state index contributed by atoms with van der Waals surface area (Å²) in [5.74, 6) is 0. The summed E-state index contributed by atoms with van der Waals surface area (Å²) in [6.45, 7) is 0. The molecule has 0 fully saturated rings. The molecule has 0 aliphatic heterocycles. The second kappa shape index (κ2) is 10.6. The molecule has 2 aliphatic rings. The highest BCUT2D eigenvalue weighted by molar-refractivity contribution is 6.24. The Bertz CT molecular complexity index is 3080. The van der Waals surface area contributed by atoms with Crippen molar-refractivity contribution < 1.29 is 0 Å². The molecule has 0 heterocycles. The van der Waals surface area contributed by atoms with Gasteiger partial charge in [-0.15, -0.1) is 0 Å². The lowest BCUT2D eigenvalue weighted by molar-refractivity contribution is 0.801. The first-order valence-corrected chi connectivity index (χ1v) is 18.6. The van der Waals surface area contributed by atoms with Gasteiger partial charge in [0.25, 0.3) is 0 Å². The van der Waals surface area contributed by atoms with Gasteiger partial charge in [-0.2, -0.15) is 0 Å². The Kier molecular flexibility index (Phi) is 5.80. The number of fused-ring (bicyclic) bond motifs is 15. The van der Waals surface area contributed by atoms with Gasteiger partial charge in [0.05, 0.1) is 5.41 Å². The monoisotopic (exact) mass is 668 g/mol. The Morgan fingerprint density at radius 1 is 0.264 bits per heavy atom. The summed E-state index contributed by atoms with van der Waals surface area (Å²) >= 11 is 0. The quantitative estimate of drug-likeness (QED) is 0.161. The Hall–Kier alpha value is -6.76. The molecule has 0 heteroatoms. The average molecular weight is 669 g/mol. The van der Waals surface area contributed by atoms with Gasteiger partial charge in [0.2, 0.25) is 0 Å². The zero-order valence-corrected chi connectivity index (χ0v) is 29.0. The van der Waals surface area contributed by atoms with Crippen molar-refractivity contribution in [3.05, 3.63) is 216 Å². The zero-order chi connectivity index (χ0) is 34.7. The fraction of sp³-hybridized carbons (Fsp3) is 0.0189. The summed E-state index contributed by atoms with van der Waals surface area (Å²) in [7, 11) is 0. The van der Waals surface area contributed by atoms with Crippen LogP contribution < -0.4 is 0 Å². The summed E-state index contributed by atoms with van der Waals surface area (Å²) in [6.07, 6.45) is 0. The number of hydrogen-bond donors (Lipinski definition) is 0. The SMILES string of the molecule is c1ccc2c(c1)-c1ccccc1C21c2ccccc2-c2c(-c3c4ccccc4c(-c4ccc5ccccc5c4)c4ccccc34)cc3ccccc3c21. The van der Waals surface area contributed by atoms with Crippen molar-refractivity contribution in [3.63, 3.8) is 0 Å². The van der Waals surface area contributed by atoms with Crippen LogP contribution in [0.2, 0.25) is 0 Å². The van der Waals surface area contributed by atoms with E-state index in [1.54, 1.807) is 0 Å². The highest BCUT2D eigenvalue weighted by Gasteiger charge is 2.53. The third-order valence-electron chi connectivity index (χ3n) is 12.2. The van der Waals surface area contributed by atoms with Crippen molar-refractivity contribution in [2.75, 3.05) is 0 Å². The Balaban J connectivity index is 1.28. The van der Waals surface area contributed by atoms with Gasteiger partial charge in [-0.3, -0.25) is 0 Å². The molecule has 0 unspecified atom stereocenters. The van der Waals surface area contributed by atoms with Crippen LogP contribution in [-0.4, -0.2) is 0 Å². The summed E-state index contributed by atoms with van der Waals surface area (Å²) in [4.78, 5) is 0. The van der Waals surface area contributed by atoms with Crippen LogP contribution >= 0.6 is 0 Å². The van der Waals surface area contributed by atoms with Crippen molar-refractivity contribution >= 4 is 43.1 Å². The van der Waals surface area contributed by atoms with Gasteiger partial charge in [-0.25, -0.2) is 0 Å². The highest BCUT2D eigenvalue weighted by Crippen LogP contribution is 2.66. The lowest BCUT2D eigenvalue weighted by Crippen LogP contribution is -2.26. The van der Waals surface area contributed by atoms with Gasteiger partial charge < -0.3 is 0 Å². The van der Waals surface area contributed by atoms with E-state index >= 15 is 0 Å². The summed E-state index contributed by atoms with van der Waals surface area (Å²) in [6, 6.07) is 72.9. The predicted molar refractivity (Wildman–Crippen MR) is 224 cm³/mol. The molecule has 0 amide bonds. The number of benzene rings is 10. The summed E-state index contributed by atoms with van der Waals surface area (Å²) < 4.78 is 0. The molecule has 0 saturated carbocycles. The normalized spacial score (nSPS) is 13.4. The molecule has 10 aromatic rings. The smallest absolute Gasteiger partial charge is 0.0619 e. The van der Waals surface area contributed by atoms with Crippen LogP contribution in [-0.2, 0) is 5.41 Å². The second-order valence-corrected chi connectivity index (χ2v) is 14.7. The van der Waals surface area contributed by atoms with E-state index in [0.717, 1.165) is 0 Å². The Labute approximate surface area is 308 Å². The van der Waals surface area contributed by atoms with Crippen molar-refractivity contribution in [1.29, 1.82) is 0 Å². The summed E-state index contributed by atoms with van der Waals surface area (Å²) in [5.41, 5.74) is 15.5. The Morgan fingerprint density at radius 3 is 1.34 bits per heavy atom. The van der Waals surface area contributed by atoms with Crippen LogP contribution in [0, 0.1) is 0 Å². The first-order valence-electron chi connectivity index (χ1n) is 18.6. The maximum Gasteiger partial charge on any atom is 0.0731 e. The molecule has 0 radical (unpaired) electrons. The molecule has 0 aromatic heterocycles. The molecule has 10 aromatic carbocycles. The fourth-order valence-electron chi connectivity index (χ4n) is 10.2. The average Bonchev–Trinajstić information content (AvgIpc) is 3.70. The van der Waals surface area contributed by atoms with Crippen LogP contribution in [0.3, 0.4) is 0 Å².